The highest BCUT2D eigenvalue weighted by atomic mass is 16.6. The zero-order valence-electron chi connectivity index (χ0n) is 12.3. The minimum atomic E-state index is -0.424. The molecule has 1 aliphatic rings. The number of hydrogen-bond donors (Lipinski definition) is 2. The molecule has 1 aliphatic heterocycles. The first-order valence-electron chi connectivity index (χ1n) is 7.05. The minimum Gasteiger partial charge on any atom is -0.378 e. The summed E-state index contributed by atoms with van der Waals surface area (Å²) in [4.78, 5) is 24.3. The summed E-state index contributed by atoms with van der Waals surface area (Å²) >= 11 is 0. The fraction of sp³-hybridized carbons (Fsp3) is 0.500. The van der Waals surface area contributed by atoms with Crippen LogP contribution in [0.1, 0.15) is 18.9 Å². The Bertz CT molecular complexity index is 559. The topological polar surface area (TPSA) is 87.5 Å². The average Bonchev–Trinajstić information content (AvgIpc) is 2.46. The highest BCUT2D eigenvalue weighted by Gasteiger charge is 2.22. The number of nitro benzene ring substituents is 1. The number of anilines is 2. The number of nitrogens with zero attached hydrogens (tertiary/aromatic N) is 2. The molecular formula is C14H20N4O3. The predicted molar refractivity (Wildman–Crippen MR) is 81.7 cm³/mol. The van der Waals surface area contributed by atoms with Crippen LogP contribution in [0.5, 0.6) is 0 Å². The third-order valence-corrected chi connectivity index (χ3v) is 3.66. The van der Waals surface area contributed by atoms with E-state index < -0.39 is 4.92 Å². The van der Waals surface area contributed by atoms with Gasteiger partial charge in [-0.15, -0.1) is 0 Å². The van der Waals surface area contributed by atoms with Crippen molar-refractivity contribution >= 4 is 23.0 Å². The van der Waals surface area contributed by atoms with Crippen molar-refractivity contribution in [2.45, 2.75) is 19.8 Å². The van der Waals surface area contributed by atoms with Gasteiger partial charge in [-0.25, -0.2) is 0 Å². The fourth-order valence-electron chi connectivity index (χ4n) is 2.25. The van der Waals surface area contributed by atoms with Gasteiger partial charge in [0, 0.05) is 25.6 Å². The molecule has 1 amide bonds. The molecule has 2 N–H and O–H groups in total. The first kappa shape index (κ1) is 15.2. The van der Waals surface area contributed by atoms with Gasteiger partial charge in [-0.2, -0.15) is 0 Å². The molecule has 0 unspecified atom stereocenters. The number of carbonyl (C=O) groups is 1. The molecule has 0 aliphatic carbocycles. The van der Waals surface area contributed by atoms with Crippen LogP contribution < -0.4 is 10.6 Å². The van der Waals surface area contributed by atoms with Gasteiger partial charge >= 0.3 is 0 Å². The normalized spacial score (nSPS) is 13.8. The monoisotopic (exact) mass is 292 g/mol. The van der Waals surface area contributed by atoms with Crippen molar-refractivity contribution in [2.24, 2.45) is 0 Å². The Morgan fingerprint density at radius 1 is 1.43 bits per heavy atom. The van der Waals surface area contributed by atoms with Gasteiger partial charge in [0.05, 0.1) is 10.6 Å². The lowest BCUT2D eigenvalue weighted by molar-refractivity contribution is -0.383. The second kappa shape index (κ2) is 6.53. The smallest absolute Gasteiger partial charge is 0.294 e. The summed E-state index contributed by atoms with van der Waals surface area (Å²) in [6.07, 6.45) is 1.03. The van der Waals surface area contributed by atoms with Gasteiger partial charge in [-0.1, -0.05) is 6.92 Å². The van der Waals surface area contributed by atoms with Crippen LogP contribution in [0.25, 0.3) is 0 Å². The summed E-state index contributed by atoms with van der Waals surface area (Å²) in [5, 5.41) is 17.0. The van der Waals surface area contributed by atoms with Crippen molar-refractivity contribution in [1.82, 2.24) is 4.90 Å². The number of carbonyl (C=O) groups excluding carboxylic acids is 1. The van der Waals surface area contributed by atoms with E-state index in [2.05, 4.69) is 22.5 Å². The quantitative estimate of drug-likeness (QED) is 0.617. The molecule has 114 valence electrons. The van der Waals surface area contributed by atoms with Gasteiger partial charge in [0.2, 0.25) is 5.91 Å². The number of likely N-dealkylation sites (N-methyl/N-ethyl adjacent to an activating group) is 1. The number of nitro groups is 1. The van der Waals surface area contributed by atoms with Crippen molar-refractivity contribution in [2.75, 3.05) is 37.3 Å². The third-order valence-electron chi connectivity index (χ3n) is 3.66. The van der Waals surface area contributed by atoms with E-state index >= 15 is 0 Å². The lowest BCUT2D eigenvalue weighted by Gasteiger charge is -2.19. The Kier molecular flexibility index (Phi) is 4.74. The Hall–Kier alpha value is -2.15. The predicted octanol–water partition coefficient (Wildman–Crippen LogP) is 1.84. The summed E-state index contributed by atoms with van der Waals surface area (Å²) < 4.78 is 0. The Morgan fingerprint density at radius 2 is 2.19 bits per heavy atom. The molecule has 7 nitrogen and oxygen atoms in total. The fourth-order valence-corrected chi connectivity index (χ4v) is 2.25. The number of benzene rings is 1. The number of rotatable bonds is 6. The second-order valence-electron chi connectivity index (χ2n) is 5.15. The van der Waals surface area contributed by atoms with Crippen molar-refractivity contribution < 1.29 is 9.72 Å². The van der Waals surface area contributed by atoms with Crippen molar-refractivity contribution in [1.29, 1.82) is 0 Å². The number of hydrogen-bond acceptors (Lipinski definition) is 5. The van der Waals surface area contributed by atoms with E-state index in [9.17, 15) is 14.9 Å². The van der Waals surface area contributed by atoms with Crippen molar-refractivity contribution in [3.63, 3.8) is 0 Å². The van der Waals surface area contributed by atoms with Crippen molar-refractivity contribution in [3.05, 3.63) is 27.8 Å². The summed E-state index contributed by atoms with van der Waals surface area (Å²) in [6.45, 7) is 4.43. The van der Waals surface area contributed by atoms with Crippen LogP contribution in [0.3, 0.4) is 0 Å². The molecular weight excluding hydrogens is 272 g/mol. The molecule has 0 fully saturated rings. The van der Waals surface area contributed by atoms with Crippen molar-refractivity contribution in [3.8, 4) is 0 Å². The van der Waals surface area contributed by atoms with Gasteiger partial charge in [0.15, 0.2) is 0 Å². The Balaban J connectivity index is 2.19. The number of nitrogens with one attached hydrogen (secondary N) is 2. The molecule has 1 aromatic carbocycles. The Morgan fingerprint density at radius 3 is 2.86 bits per heavy atom. The van der Waals surface area contributed by atoms with E-state index in [1.165, 1.54) is 6.07 Å². The van der Waals surface area contributed by atoms with E-state index in [0.717, 1.165) is 18.7 Å². The summed E-state index contributed by atoms with van der Waals surface area (Å²) in [7, 11) is 2.00. The second-order valence-corrected chi connectivity index (χ2v) is 5.15. The van der Waals surface area contributed by atoms with E-state index in [4.69, 9.17) is 0 Å². The maximum Gasteiger partial charge on any atom is 0.294 e. The van der Waals surface area contributed by atoms with E-state index in [0.29, 0.717) is 30.8 Å². The van der Waals surface area contributed by atoms with Crippen LogP contribution in [-0.4, -0.2) is 42.4 Å². The number of fused-ring (bicyclic) bond motifs is 1. The highest BCUT2D eigenvalue weighted by molar-refractivity contribution is 5.95. The molecule has 21 heavy (non-hydrogen) atoms. The molecule has 0 saturated heterocycles. The maximum absolute atomic E-state index is 11.4. The van der Waals surface area contributed by atoms with E-state index in [-0.39, 0.29) is 11.6 Å². The first-order valence-corrected chi connectivity index (χ1v) is 7.05. The lowest BCUT2D eigenvalue weighted by atomic mass is 10.0. The number of amides is 1. The van der Waals surface area contributed by atoms with Gasteiger partial charge in [0.1, 0.15) is 5.69 Å². The molecule has 0 bridgehead atoms. The summed E-state index contributed by atoms with van der Waals surface area (Å²) in [6, 6.07) is 3.22. The van der Waals surface area contributed by atoms with Gasteiger partial charge in [0.25, 0.3) is 5.69 Å². The standard InChI is InChI=1S/C14H20N4O3/c1-3-17(2)7-6-15-12-8-10-4-5-14(19)16-11(10)9-13(12)18(20)21/h8-9,15H,3-7H2,1-2H3,(H,16,19). The first-order chi connectivity index (χ1) is 10.0. The zero-order chi connectivity index (χ0) is 15.4. The van der Waals surface area contributed by atoms with Crippen LogP contribution in [0, 0.1) is 10.1 Å². The van der Waals surface area contributed by atoms with Gasteiger partial charge < -0.3 is 15.5 Å². The third kappa shape index (κ3) is 3.69. The zero-order valence-corrected chi connectivity index (χ0v) is 12.3. The van der Waals surface area contributed by atoms with Crippen LogP contribution in [0.4, 0.5) is 17.1 Å². The molecule has 1 aromatic rings. The molecule has 0 aromatic heterocycles. The summed E-state index contributed by atoms with van der Waals surface area (Å²) in [5.74, 6) is -0.0953. The minimum absolute atomic E-state index is 0.00454. The molecule has 1 heterocycles. The Labute approximate surface area is 123 Å². The lowest BCUT2D eigenvalue weighted by Crippen LogP contribution is -2.25. The molecule has 2 rings (SSSR count). The van der Waals surface area contributed by atoms with Crippen LogP contribution >= 0.6 is 0 Å². The average molecular weight is 292 g/mol. The largest absolute Gasteiger partial charge is 0.378 e. The molecule has 0 saturated carbocycles. The molecule has 0 atom stereocenters. The van der Waals surface area contributed by atoms with Gasteiger partial charge in [-0.3, -0.25) is 14.9 Å². The molecule has 0 radical (unpaired) electrons. The summed E-state index contributed by atoms with van der Waals surface area (Å²) in [5.41, 5.74) is 2.00. The van der Waals surface area contributed by atoms with E-state index in [1.54, 1.807) is 6.07 Å². The molecule has 0 spiro atoms. The van der Waals surface area contributed by atoms with Gasteiger partial charge in [-0.05, 0) is 31.6 Å². The van der Waals surface area contributed by atoms with Crippen LogP contribution in [0.15, 0.2) is 12.1 Å². The number of aryl methyl sites for hydroxylation is 1. The molecule has 7 heteroatoms. The van der Waals surface area contributed by atoms with E-state index in [1.807, 2.05) is 7.05 Å². The maximum atomic E-state index is 11.4. The SMILES string of the molecule is CCN(C)CCNc1cc2c(cc1[N+](=O)[O-])NC(=O)CC2. The van der Waals surface area contributed by atoms with Crippen LogP contribution in [-0.2, 0) is 11.2 Å². The van der Waals surface area contributed by atoms with Crippen LogP contribution in [0.2, 0.25) is 0 Å². The highest BCUT2D eigenvalue weighted by Crippen LogP contribution is 2.33.